The molecular weight excluding hydrogens is 210 g/mol. The molecule has 0 amide bonds. The third-order valence-electron chi connectivity index (χ3n) is 3.46. The van der Waals surface area contributed by atoms with Crippen LogP contribution >= 0.6 is 0 Å². The predicted octanol–water partition coefficient (Wildman–Crippen LogP) is 1.51. The maximum Gasteiger partial charge on any atom is 0.0109 e. The van der Waals surface area contributed by atoms with Crippen LogP contribution in [0.4, 0.5) is 0 Å². The van der Waals surface area contributed by atoms with Gasteiger partial charge >= 0.3 is 0 Å². The first-order valence-electron chi connectivity index (χ1n) is 7.15. The zero-order chi connectivity index (χ0) is 12.7. The lowest BCUT2D eigenvalue weighted by Gasteiger charge is -2.31. The van der Waals surface area contributed by atoms with Crippen LogP contribution in [0.5, 0.6) is 0 Å². The molecule has 0 aromatic carbocycles. The van der Waals surface area contributed by atoms with Gasteiger partial charge in [-0.15, -0.1) is 0 Å². The zero-order valence-electron chi connectivity index (χ0n) is 12.2. The Bertz CT molecular complexity index is 186. The summed E-state index contributed by atoms with van der Waals surface area (Å²) in [4.78, 5) is 4.95. The highest BCUT2D eigenvalue weighted by atomic mass is 15.2. The summed E-state index contributed by atoms with van der Waals surface area (Å²) < 4.78 is 0. The van der Waals surface area contributed by atoms with E-state index in [0.717, 1.165) is 11.8 Å². The molecule has 0 bridgehead atoms. The van der Waals surface area contributed by atoms with Gasteiger partial charge in [0.05, 0.1) is 0 Å². The van der Waals surface area contributed by atoms with Crippen molar-refractivity contribution in [2.75, 3.05) is 53.4 Å². The van der Waals surface area contributed by atoms with Gasteiger partial charge in [0.15, 0.2) is 0 Å². The van der Waals surface area contributed by atoms with E-state index in [9.17, 15) is 0 Å². The van der Waals surface area contributed by atoms with E-state index in [4.69, 9.17) is 0 Å². The number of hydrogen-bond acceptors (Lipinski definition) is 3. The quantitative estimate of drug-likeness (QED) is 0.729. The maximum atomic E-state index is 3.45. The Morgan fingerprint density at radius 1 is 1.12 bits per heavy atom. The van der Waals surface area contributed by atoms with Crippen LogP contribution in [0.3, 0.4) is 0 Å². The second-order valence-corrected chi connectivity index (χ2v) is 6.15. The molecule has 1 fully saturated rings. The van der Waals surface area contributed by atoms with E-state index < -0.39 is 0 Å². The fourth-order valence-electron chi connectivity index (χ4n) is 2.54. The van der Waals surface area contributed by atoms with E-state index >= 15 is 0 Å². The van der Waals surface area contributed by atoms with Crippen molar-refractivity contribution >= 4 is 0 Å². The normalized spacial score (nSPS) is 18.5. The Balaban J connectivity index is 2.32. The molecular formula is C14H31N3. The van der Waals surface area contributed by atoms with E-state index in [1.165, 1.54) is 52.1 Å². The first kappa shape index (κ1) is 14.9. The number of hydrogen-bond donors (Lipinski definition) is 1. The van der Waals surface area contributed by atoms with Gasteiger partial charge in [0, 0.05) is 26.2 Å². The molecule has 0 atom stereocenters. The lowest BCUT2D eigenvalue weighted by atomic mass is 9.97. The maximum absolute atomic E-state index is 3.45. The van der Waals surface area contributed by atoms with Gasteiger partial charge in [0.1, 0.15) is 0 Å². The Labute approximate surface area is 108 Å². The van der Waals surface area contributed by atoms with E-state index in [1.54, 1.807) is 0 Å². The highest BCUT2D eigenvalue weighted by molar-refractivity contribution is 4.73. The van der Waals surface area contributed by atoms with Crippen molar-refractivity contribution in [2.45, 2.75) is 26.7 Å². The van der Waals surface area contributed by atoms with Crippen molar-refractivity contribution in [1.82, 2.24) is 15.1 Å². The monoisotopic (exact) mass is 241 g/mol. The van der Waals surface area contributed by atoms with E-state index in [-0.39, 0.29) is 0 Å². The lowest BCUT2D eigenvalue weighted by Crippen LogP contribution is -2.40. The highest BCUT2D eigenvalue weighted by Crippen LogP contribution is 2.14. The first-order chi connectivity index (χ1) is 8.08. The van der Waals surface area contributed by atoms with Crippen molar-refractivity contribution in [1.29, 1.82) is 0 Å². The SMILES string of the molecule is CC(C)CN(CCN(C)C)CC1CCNCC1. The van der Waals surface area contributed by atoms with Crippen LogP contribution in [0.15, 0.2) is 0 Å². The van der Waals surface area contributed by atoms with Gasteiger partial charge < -0.3 is 15.1 Å². The van der Waals surface area contributed by atoms with Crippen LogP contribution in [0.1, 0.15) is 26.7 Å². The fourth-order valence-corrected chi connectivity index (χ4v) is 2.54. The smallest absolute Gasteiger partial charge is 0.0109 e. The van der Waals surface area contributed by atoms with Crippen molar-refractivity contribution in [3.63, 3.8) is 0 Å². The predicted molar refractivity (Wildman–Crippen MR) is 75.4 cm³/mol. The minimum Gasteiger partial charge on any atom is -0.317 e. The summed E-state index contributed by atoms with van der Waals surface area (Å²) in [5, 5.41) is 3.45. The molecule has 102 valence electrons. The first-order valence-corrected chi connectivity index (χ1v) is 7.15. The largest absolute Gasteiger partial charge is 0.317 e. The van der Waals surface area contributed by atoms with Gasteiger partial charge in [-0.2, -0.15) is 0 Å². The van der Waals surface area contributed by atoms with Gasteiger partial charge in [-0.1, -0.05) is 13.8 Å². The Morgan fingerprint density at radius 2 is 1.76 bits per heavy atom. The molecule has 0 aliphatic carbocycles. The van der Waals surface area contributed by atoms with Crippen molar-refractivity contribution in [2.24, 2.45) is 11.8 Å². The summed E-state index contributed by atoms with van der Waals surface area (Å²) in [6.07, 6.45) is 2.72. The molecule has 0 unspecified atom stereocenters. The summed E-state index contributed by atoms with van der Waals surface area (Å²) in [5.41, 5.74) is 0. The molecule has 3 nitrogen and oxygen atoms in total. The molecule has 1 rings (SSSR count). The molecule has 1 N–H and O–H groups in total. The zero-order valence-corrected chi connectivity index (χ0v) is 12.2. The number of piperidine rings is 1. The third kappa shape index (κ3) is 7.02. The summed E-state index contributed by atoms with van der Waals surface area (Å²) >= 11 is 0. The molecule has 17 heavy (non-hydrogen) atoms. The second-order valence-electron chi connectivity index (χ2n) is 6.15. The van der Waals surface area contributed by atoms with E-state index in [1.807, 2.05) is 0 Å². The van der Waals surface area contributed by atoms with Crippen molar-refractivity contribution in [3.05, 3.63) is 0 Å². The Kier molecular flexibility index (Phi) is 7.09. The summed E-state index contributed by atoms with van der Waals surface area (Å²) in [5.74, 6) is 1.69. The van der Waals surface area contributed by atoms with E-state index in [2.05, 4.69) is 43.1 Å². The van der Waals surface area contributed by atoms with Crippen LogP contribution in [-0.2, 0) is 0 Å². The number of nitrogens with zero attached hydrogens (tertiary/aromatic N) is 2. The van der Waals surface area contributed by atoms with Crippen LogP contribution in [0.25, 0.3) is 0 Å². The molecule has 1 aliphatic heterocycles. The molecule has 1 aliphatic rings. The average Bonchev–Trinajstić information content (AvgIpc) is 2.26. The molecule has 0 aromatic rings. The lowest BCUT2D eigenvalue weighted by molar-refractivity contribution is 0.174. The van der Waals surface area contributed by atoms with Crippen LogP contribution in [0.2, 0.25) is 0 Å². The van der Waals surface area contributed by atoms with Crippen molar-refractivity contribution < 1.29 is 0 Å². The molecule has 1 heterocycles. The number of nitrogens with one attached hydrogen (secondary N) is 1. The average molecular weight is 241 g/mol. The van der Waals surface area contributed by atoms with Gasteiger partial charge in [-0.3, -0.25) is 0 Å². The second kappa shape index (κ2) is 8.06. The molecule has 0 saturated carbocycles. The molecule has 0 spiro atoms. The number of likely N-dealkylation sites (N-methyl/N-ethyl adjacent to an activating group) is 1. The topological polar surface area (TPSA) is 18.5 Å². The van der Waals surface area contributed by atoms with Crippen LogP contribution in [0, 0.1) is 11.8 Å². The van der Waals surface area contributed by atoms with Crippen molar-refractivity contribution in [3.8, 4) is 0 Å². The summed E-state index contributed by atoms with van der Waals surface area (Å²) in [7, 11) is 4.33. The Hall–Kier alpha value is -0.120. The van der Waals surface area contributed by atoms with Gasteiger partial charge in [0.2, 0.25) is 0 Å². The minimum atomic E-state index is 0.777. The minimum absolute atomic E-state index is 0.777. The van der Waals surface area contributed by atoms with Crippen LogP contribution in [-0.4, -0.2) is 63.2 Å². The molecule has 3 heteroatoms. The standard InChI is InChI=1S/C14H31N3/c1-13(2)11-17(10-9-16(3)4)12-14-5-7-15-8-6-14/h13-15H,5-12H2,1-4H3. The van der Waals surface area contributed by atoms with Gasteiger partial charge in [-0.25, -0.2) is 0 Å². The summed E-state index contributed by atoms with van der Waals surface area (Å²) in [6, 6.07) is 0. The van der Waals surface area contributed by atoms with Crippen LogP contribution < -0.4 is 5.32 Å². The van der Waals surface area contributed by atoms with Gasteiger partial charge in [-0.05, 0) is 51.9 Å². The molecule has 0 aromatic heterocycles. The number of rotatable bonds is 7. The Morgan fingerprint density at radius 3 is 2.29 bits per heavy atom. The summed E-state index contributed by atoms with van der Waals surface area (Å²) in [6.45, 7) is 12.0. The van der Waals surface area contributed by atoms with E-state index in [0.29, 0.717) is 0 Å². The van der Waals surface area contributed by atoms with Gasteiger partial charge in [0.25, 0.3) is 0 Å². The molecule has 1 saturated heterocycles. The molecule has 0 radical (unpaired) electrons. The fraction of sp³-hybridized carbons (Fsp3) is 1.00. The highest BCUT2D eigenvalue weighted by Gasteiger charge is 2.17. The third-order valence-corrected chi connectivity index (χ3v) is 3.46.